The quantitative estimate of drug-likeness (QED) is 0.397. The Kier molecular flexibility index (Phi) is 7.43. The van der Waals surface area contributed by atoms with Crippen molar-refractivity contribution in [3.05, 3.63) is 59.9 Å². The van der Waals surface area contributed by atoms with Gasteiger partial charge in [-0.1, -0.05) is 51.5 Å². The summed E-state index contributed by atoms with van der Waals surface area (Å²) < 4.78 is 38.4. The molecule has 0 bridgehead atoms. The van der Waals surface area contributed by atoms with Crippen LogP contribution < -0.4 is 0 Å². The lowest BCUT2D eigenvalue weighted by molar-refractivity contribution is 0.0450. The number of rotatable bonds is 8. The van der Waals surface area contributed by atoms with Gasteiger partial charge in [0.25, 0.3) is 10.1 Å². The Bertz CT molecular complexity index is 891. The van der Waals surface area contributed by atoms with Crippen molar-refractivity contribution in [2.75, 3.05) is 0 Å². The van der Waals surface area contributed by atoms with E-state index in [1.165, 1.54) is 0 Å². The molecule has 7 heteroatoms. The van der Waals surface area contributed by atoms with Crippen LogP contribution in [0.5, 0.6) is 0 Å². The van der Waals surface area contributed by atoms with E-state index in [1.54, 1.807) is 42.7 Å². The van der Waals surface area contributed by atoms with Crippen molar-refractivity contribution in [1.29, 1.82) is 0 Å². The summed E-state index contributed by atoms with van der Waals surface area (Å²) in [5, 5.41) is -0.00423. The van der Waals surface area contributed by atoms with E-state index in [4.69, 9.17) is 8.61 Å². The summed E-state index contributed by atoms with van der Waals surface area (Å²) >= 11 is 0. The highest BCUT2D eigenvalue weighted by Gasteiger charge is 2.42. The summed E-state index contributed by atoms with van der Waals surface area (Å²) in [6, 6.07) is 10.3. The molecule has 0 fully saturated rings. The van der Waals surface area contributed by atoms with E-state index in [-0.39, 0.29) is 9.93 Å². The van der Waals surface area contributed by atoms with Crippen molar-refractivity contribution in [2.45, 2.75) is 76.3 Å². The van der Waals surface area contributed by atoms with Crippen molar-refractivity contribution in [3.8, 4) is 0 Å². The zero-order valence-electron chi connectivity index (χ0n) is 18.5. The van der Waals surface area contributed by atoms with Crippen LogP contribution in [0.4, 0.5) is 0 Å². The third-order valence-corrected chi connectivity index (χ3v) is 11.4. The predicted molar refractivity (Wildman–Crippen MR) is 119 cm³/mol. The largest absolute Gasteiger partial charge is 0.411 e. The minimum absolute atomic E-state index is 0.00423. The lowest BCUT2D eigenvalue weighted by Gasteiger charge is -2.41. The van der Waals surface area contributed by atoms with E-state index >= 15 is 0 Å². The maximum Gasteiger partial charge on any atom is 0.297 e. The molecule has 0 amide bonds. The van der Waals surface area contributed by atoms with Crippen molar-refractivity contribution >= 4 is 18.4 Å². The molecule has 1 heterocycles. The Labute approximate surface area is 176 Å². The fourth-order valence-corrected chi connectivity index (χ4v) is 5.18. The van der Waals surface area contributed by atoms with E-state index in [1.807, 2.05) is 19.9 Å². The first-order valence-corrected chi connectivity index (χ1v) is 14.3. The van der Waals surface area contributed by atoms with Crippen LogP contribution in [0.2, 0.25) is 18.1 Å². The summed E-state index contributed by atoms with van der Waals surface area (Å²) in [7, 11) is -6.10. The van der Waals surface area contributed by atoms with Crippen LogP contribution in [0.3, 0.4) is 0 Å². The van der Waals surface area contributed by atoms with Crippen molar-refractivity contribution < 1.29 is 17.0 Å². The first-order chi connectivity index (χ1) is 13.4. The standard InChI is InChI=1S/C22H33NO4SSi/c1-8-20(27-29(6,7)22(3,4)5)21(18-10-9-15-23-16-18)26-28(24,25)19-13-11-17(2)12-14-19/h9-16,20-21H,8H2,1-7H3/t20-,21?/m1/s1. The minimum Gasteiger partial charge on any atom is -0.411 e. The van der Waals surface area contributed by atoms with Gasteiger partial charge in [-0.2, -0.15) is 8.42 Å². The molecule has 0 saturated carbocycles. The second-order valence-corrected chi connectivity index (χ2v) is 15.2. The molecule has 0 aliphatic carbocycles. The van der Waals surface area contributed by atoms with Crippen LogP contribution in [0.15, 0.2) is 53.7 Å². The molecule has 0 spiro atoms. The topological polar surface area (TPSA) is 65.5 Å². The van der Waals surface area contributed by atoms with Crippen LogP contribution in [0.1, 0.15) is 51.3 Å². The van der Waals surface area contributed by atoms with Gasteiger partial charge < -0.3 is 4.43 Å². The SMILES string of the molecule is CC[C@@H](O[Si](C)(C)C(C)(C)C)C(OS(=O)(=O)c1ccc(C)cc1)c1cccnc1. The summed E-state index contributed by atoms with van der Waals surface area (Å²) in [4.78, 5) is 4.30. The number of nitrogens with zero attached hydrogens (tertiary/aromatic N) is 1. The number of aryl methyl sites for hydroxylation is 1. The molecule has 1 aromatic carbocycles. The van der Waals surface area contributed by atoms with Crippen molar-refractivity contribution in [2.24, 2.45) is 0 Å². The molecule has 2 aromatic rings. The number of benzene rings is 1. The van der Waals surface area contributed by atoms with Crippen LogP contribution in [0.25, 0.3) is 0 Å². The lowest BCUT2D eigenvalue weighted by Crippen LogP contribution is -2.45. The molecule has 2 rings (SSSR count). The normalized spacial score (nSPS) is 15.1. The molecule has 5 nitrogen and oxygen atoms in total. The Morgan fingerprint density at radius 1 is 1.10 bits per heavy atom. The predicted octanol–water partition coefficient (Wildman–Crippen LogP) is 5.64. The highest BCUT2D eigenvalue weighted by Crippen LogP contribution is 2.40. The van der Waals surface area contributed by atoms with Gasteiger partial charge in [-0.05, 0) is 49.7 Å². The van der Waals surface area contributed by atoms with Gasteiger partial charge in [0.15, 0.2) is 8.32 Å². The fraction of sp³-hybridized carbons (Fsp3) is 0.500. The summed E-state index contributed by atoms with van der Waals surface area (Å²) in [6.07, 6.45) is 2.75. The third-order valence-electron chi connectivity index (χ3n) is 5.55. The molecule has 160 valence electrons. The number of aromatic nitrogens is 1. The van der Waals surface area contributed by atoms with Gasteiger partial charge in [-0.25, -0.2) is 0 Å². The Balaban J connectivity index is 2.43. The molecule has 29 heavy (non-hydrogen) atoms. The molecular formula is C22H33NO4SSi. The molecule has 0 saturated heterocycles. The third kappa shape index (κ3) is 5.98. The lowest BCUT2D eigenvalue weighted by atomic mass is 10.1. The van der Waals surface area contributed by atoms with E-state index in [9.17, 15) is 8.42 Å². The van der Waals surface area contributed by atoms with Crippen molar-refractivity contribution in [3.63, 3.8) is 0 Å². The Morgan fingerprint density at radius 2 is 1.72 bits per heavy atom. The molecule has 1 unspecified atom stereocenters. The van der Waals surface area contributed by atoms with E-state index < -0.39 is 30.6 Å². The number of pyridine rings is 1. The highest BCUT2D eigenvalue weighted by molar-refractivity contribution is 7.86. The van der Waals surface area contributed by atoms with E-state index in [2.05, 4.69) is 38.8 Å². The Hall–Kier alpha value is -1.54. The Morgan fingerprint density at radius 3 is 2.21 bits per heavy atom. The van der Waals surface area contributed by atoms with Gasteiger partial charge in [0, 0.05) is 18.0 Å². The molecule has 0 radical (unpaired) electrons. The van der Waals surface area contributed by atoms with Crippen molar-refractivity contribution in [1.82, 2.24) is 4.98 Å². The second-order valence-electron chi connectivity index (χ2n) is 8.90. The first kappa shape index (κ1) is 23.7. The van der Waals surface area contributed by atoms with Crippen LogP contribution in [-0.2, 0) is 18.7 Å². The molecule has 0 aliphatic heterocycles. The van der Waals surface area contributed by atoms with Gasteiger partial charge in [-0.3, -0.25) is 9.17 Å². The fourth-order valence-electron chi connectivity index (χ4n) is 2.69. The first-order valence-electron chi connectivity index (χ1n) is 9.95. The van der Waals surface area contributed by atoms with Crippen LogP contribution in [0, 0.1) is 6.92 Å². The van der Waals surface area contributed by atoms with E-state index in [0.717, 1.165) is 5.56 Å². The number of hydrogen-bond acceptors (Lipinski definition) is 5. The number of hydrogen-bond donors (Lipinski definition) is 0. The smallest absolute Gasteiger partial charge is 0.297 e. The molecule has 0 N–H and O–H groups in total. The van der Waals surface area contributed by atoms with Crippen LogP contribution in [-0.4, -0.2) is 27.8 Å². The molecule has 0 aliphatic rings. The monoisotopic (exact) mass is 435 g/mol. The maximum absolute atomic E-state index is 13.0. The highest BCUT2D eigenvalue weighted by atomic mass is 32.2. The van der Waals surface area contributed by atoms with Gasteiger partial charge in [0.05, 0.1) is 11.0 Å². The zero-order valence-corrected chi connectivity index (χ0v) is 20.3. The maximum atomic E-state index is 13.0. The van der Waals surface area contributed by atoms with E-state index in [0.29, 0.717) is 12.0 Å². The summed E-state index contributed by atoms with van der Waals surface area (Å²) in [5.41, 5.74) is 1.68. The second kappa shape index (κ2) is 9.08. The van der Waals surface area contributed by atoms with Crippen LogP contribution >= 0.6 is 0 Å². The van der Waals surface area contributed by atoms with Gasteiger partial charge >= 0.3 is 0 Å². The minimum atomic E-state index is -3.96. The molecule has 1 aromatic heterocycles. The van der Waals surface area contributed by atoms with Gasteiger partial charge in [0.1, 0.15) is 6.10 Å². The summed E-state index contributed by atoms with van der Waals surface area (Å²) in [5.74, 6) is 0. The van der Waals surface area contributed by atoms with Gasteiger partial charge in [0.2, 0.25) is 0 Å². The molecular weight excluding hydrogens is 402 g/mol. The summed E-state index contributed by atoms with van der Waals surface area (Å²) in [6.45, 7) is 14.7. The molecule has 2 atom stereocenters. The zero-order chi connectivity index (χ0) is 21.9. The average molecular weight is 436 g/mol. The van der Waals surface area contributed by atoms with Gasteiger partial charge in [-0.15, -0.1) is 0 Å². The average Bonchev–Trinajstić information content (AvgIpc) is 2.64.